The summed E-state index contributed by atoms with van der Waals surface area (Å²) in [6, 6.07) is 32.9. The number of fused-ring (bicyclic) bond motifs is 2. The van der Waals surface area contributed by atoms with Crippen molar-refractivity contribution in [3.05, 3.63) is 189 Å². The number of carbonyl (C=O) groups is 2. The molecule has 0 spiro atoms. The number of amides is 1. The van der Waals surface area contributed by atoms with Gasteiger partial charge in [0.05, 0.1) is 36.4 Å². The summed E-state index contributed by atoms with van der Waals surface area (Å²) < 4.78 is 47.5. The number of rotatable bonds is 26. The normalized spacial score (nSPS) is 21.0. The van der Waals surface area contributed by atoms with Gasteiger partial charge < -0.3 is 38.7 Å². The number of halogens is 1. The van der Waals surface area contributed by atoms with Crippen molar-refractivity contribution in [3.8, 4) is 17.2 Å². The van der Waals surface area contributed by atoms with Crippen molar-refractivity contribution < 1.29 is 57.6 Å². The zero-order valence-corrected chi connectivity index (χ0v) is 41.2. The Morgan fingerprint density at radius 3 is 2.32 bits per heavy atom. The Bertz CT molecular complexity index is 2750. The molecule has 5 aromatic carbocycles. The summed E-state index contributed by atoms with van der Waals surface area (Å²) in [6.07, 6.45) is 7.83. The van der Waals surface area contributed by atoms with E-state index in [9.17, 15) is 29.5 Å². The largest absolute Gasteiger partial charge is 0.459 e. The molecule has 1 heterocycles. The monoisotopic (exact) mass is 1010 g/mol. The van der Waals surface area contributed by atoms with Gasteiger partial charge in [-0.25, -0.2) is 9.18 Å². The van der Waals surface area contributed by atoms with E-state index in [1.165, 1.54) is 24.3 Å². The average Bonchev–Trinajstić information content (AvgIpc) is 3.41. The van der Waals surface area contributed by atoms with Crippen molar-refractivity contribution in [2.24, 2.45) is 22.9 Å². The Balaban J connectivity index is 1.28. The Labute approximate surface area is 430 Å². The lowest BCUT2D eigenvalue weighted by atomic mass is 9.55. The number of aliphatic hydroxyl groups excluding tert-OH is 2. The zero-order chi connectivity index (χ0) is 51.9. The van der Waals surface area contributed by atoms with Crippen molar-refractivity contribution >= 4 is 23.8 Å². The molecule has 1 aliphatic heterocycles. The van der Waals surface area contributed by atoms with Gasteiger partial charge in [-0.2, -0.15) is 0 Å². The molecule has 2 N–H and O–H groups in total. The van der Waals surface area contributed by atoms with E-state index in [1.807, 2.05) is 42.5 Å². The SMILES string of the molecule is C=CCOC12Oc3ccc(Oc4cccc(C=O)c4)cc3C3C(CCCCO)C(CCCCO)C=C(C(=NOCc4ccc([N+](=O)[O-])cc4)CC1N(Cc1ccc(F)cc1)C(=O)OCCOCc1ccccc1)C32. The summed E-state index contributed by atoms with van der Waals surface area (Å²) in [5, 5.41) is 36.4. The summed E-state index contributed by atoms with van der Waals surface area (Å²) in [6.45, 7) is 4.26. The Kier molecular flexibility index (Phi) is 18.4. The molecular formula is C58H62FN3O12. The van der Waals surface area contributed by atoms with Gasteiger partial charge in [0, 0.05) is 55.4 Å². The predicted molar refractivity (Wildman–Crippen MR) is 274 cm³/mol. The summed E-state index contributed by atoms with van der Waals surface area (Å²) >= 11 is 0. The molecule has 15 nitrogen and oxygen atoms in total. The summed E-state index contributed by atoms with van der Waals surface area (Å²) in [7, 11) is 0. The van der Waals surface area contributed by atoms with Gasteiger partial charge in [0.15, 0.2) is 0 Å². The fraction of sp³-hybridized carbons (Fsp3) is 0.362. The van der Waals surface area contributed by atoms with Gasteiger partial charge in [0.2, 0.25) is 5.79 Å². The first-order valence-corrected chi connectivity index (χ1v) is 25.1. The average molecular weight is 1010 g/mol. The number of ether oxygens (including phenoxy) is 5. The van der Waals surface area contributed by atoms with E-state index in [0.717, 1.165) is 23.0 Å². The van der Waals surface area contributed by atoms with Crippen molar-refractivity contribution in [2.75, 3.05) is 33.0 Å². The van der Waals surface area contributed by atoms with E-state index in [1.54, 1.807) is 65.6 Å². The van der Waals surface area contributed by atoms with E-state index in [4.69, 9.17) is 33.7 Å². The maximum Gasteiger partial charge on any atom is 0.410 e. The molecule has 0 saturated heterocycles. The van der Waals surface area contributed by atoms with Gasteiger partial charge in [-0.1, -0.05) is 84.7 Å². The van der Waals surface area contributed by atoms with Crippen LogP contribution in [0.1, 0.15) is 83.5 Å². The number of hydrogen-bond acceptors (Lipinski definition) is 13. The number of aliphatic hydroxyl groups is 2. The molecule has 1 amide bonds. The number of nitrogens with zero attached hydrogens (tertiary/aromatic N) is 3. The second kappa shape index (κ2) is 25.6. The highest BCUT2D eigenvalue weighted by Gasteiger charge is 2.65. The highest BCUT2D eigenvalue weighted by Crippen LogP contribution is 2.62. The number of oxime groups is 1. The molecule has 3 aliphatic rings. The van der Waals surface area contributed by atoms with Gasteiger partial charge in [0.1, 0.15) is 48.6 Å². The number of non-ortho nitro benzene ring substituents is 1. The molecule has 6 atom stereocenters. The molecule has 74 heavy (non-hydrogen) atoms. The molecule has 2 aliphatic carbocycles. The molecule has 0 radical (unpaired) electrons. The highest BCUT2D eigenvalue weighted by atomic mass is 19.1. The van der Waals surface area contributed by atoms with E-state index < -0.39 is 40.5 Å². The molecular weight excluding hydrogens is 950 g/mol. The number of allylic oxidation sites excluding steroid dienone is 1. The van der Waals surface area contributed by atoms with Gasteiger partial charge >= 0.3 is 6.09 Å². The van der Waals surface area contributed by atoms with Gasteiger partial charge in [-0.15, -0.1) is 6.58 Å². The molecule has 0 bridgehead atoms. The highest BCUT2D eigenvalue weighted by molar-refractivity contribution is 6.03. The lowest BCUT2D eigenvalue weighted by Gasteiger charge is -2.59. The first-order chi connectivity index (χ1) is 36.1. The van der Waals surface area contributed by atoms with Crippen molar-refractivity contribution in [1.29, 1.82) is 0 Å². The van der Waals surface area contributed by atoms with Crippen LogP contribution in [0.15, 0.2) is 151 Å². The van der Waals surface area contributed by atoms with Gasteiger partial charge in [-0.05, 0) is 114 Å². The molecule has 8 rings (SSSR count). The number of nitro groups is 1. The minimum atomic E-state index is -1.66. The van der Waals surface area contributed by atoms with Gasteiger partial charge in [0.25, 0.3) is 5.69 Å². The van der Waals surface area contributed by atoms with E-state index >= 15 is 4.79 Å². The van der Waals surface area contributed by atoms with Crippen LogP contribution in [0.4, 0.5) is 14.9 Å². The van der Waals surface area contributed by atoms with Gasteiger partial charge in [-0.3, -0.25) is 19.8 Å². The smallest absolute Gasteiger partial charge is 0.410 e. The minimum Gasteiger partial charge on any atom is -0.459 e. The third-order valence-electron chi connectivity index (χ3n) is 13.9. The number of benzene rings is 5. The van der Waals surface area contributed by atoms with E-state index in [0.29, 0.717) is 84.8 Å². The van der Waals surface area contributed by atoms with Crippen LogP contribution in [0.5, 0.6) is 17.2 Å². The Morgan fingerprint density at radius 1 is 0.865 bits per heavy atom. The van der Waals surface area contributed by atoms with Crippen LogP contribution < -0.4 is 9.47 Å². The van der Waals surface area contributed by atoms with Crippen molar-refractivity contribution in [1.82, 2.24) is 4.90 Å². The predicted octanol–water partition coefficient (Wildman–Crippen LogP) is 11.0. The lowest BCUT2D eigenvalue weighted by molar-refractivity contribution is -0.384. The fourth-order valence-corrected chi connectivity index (χ4v) is 10.5. The summed E-state index contributed by atoms with van der Waals surface area (Å²) in [4.78, 5) is 45.5. The maximum absolute atomic E-state index is 15.0. The standard InChI is InChI=1S/C58H62FN3O12/c1-2-29-71-58-54(61(36-40-17-21-45(59)22-18-40)57(66)70-31-30-69-38-41-11-4-3-5-12-41)35-52(60-72-39-42-19-23-46(24-20-42)62(67)68)50-33-44(14-6-8-27-63)49(16-7-9-28-64)55(56(50)58)51-34-48(25-26-53(51)74-58)73-47-15-10-13-43(32-47)37-65/h2-5,10-13,15,17-26,32-34,37,44,49,54-56,63-64H,1,6-9,14,16,27-31,35-36,38-39H2. The molecule has 16 heteroatoms. The number of hydrogen-bond donors (Lipinski definition) is 2. The second-order valence-electron chi connectivity index (χ2n) is 18.7. The van der Waals surface area contributed by atoms with E-state index in [2.05, 4.69) is 12.7 Å². The Hall–Kier alpha value is -7.24. The van der Waals surface area contributed by atoms with Crippen molar-refractivity contribution in [2.45, 2.75) is 82.5 Å². The first-order valence-electron chi connectivity index (χ1n) is 25.1. The van der Waals surface area contributed by atoms with Crippen LogP contribution in [-0.4, -0.2) is 83.0 Å². The van der Waals surface area contributed by atoms with Crippen LogP contribution in [0, 0.1) is 33.7 Å². The fourth-order valence-electron chi connectivity index (χ4n) is 10.5. The molecule has 6 unspecified atom stereocenters. The number of carbonyl (C=O) groups excluding carboxylic acids is 2. The second-order valence-corrected chi connectivity index (χ2v) is 18.7. The van der Waals surface area contributed by atoms with Crippen molar-refractivity contribution in [3.63, 3.8) is 0 Å². The van der Waals surface area contributed by atoms with Crippen LogP contribution in [0.2, 0.25) is 0 Å². The maximum atomic E-state index is 15.0. The first kappa shape index (κ1) is 53.1. The summed E-state index contributed by atoms with van der Waals surface area (Å²) in [5.74, 6) is -1.99. The molecule has 1 saturated carbocycles. The zero-order valence-electron chi connectivity index (χ0n) is 41.2. The van der Waals surface area contributed by atoms with Crippen LogP contribution >= 0.6 is 0 Å². The third kappa shape index (κ3) is 12.7. The lowest BCUT2D eigenvalue weighted by Crippen LogP contribution is -2.70. The number of unbranched alkanes of at least 4 members (excludes halogenated alkanes) is 2. The quantitative estimate of drug-likeness (QED) is 0.0176. The number of aldehydes is 1. The number of nitro benzene ring substituents is 1. The topological polar surface area (TPSA) is 189 Å². The van der Waals surface area contributed by atoms with Crippen LogP contribution in [0.25, 0.3) is 0 Å². The minimum absolute atomic E-state index is 0.00158. The summed E-state index contributed by atoms with van der Waals surface area (Å²) in [5.41, 5.74) is 4.64. The Morgan fingerprint density at radius 2 is 1.59 bits per heavy atom. The molecule has 0 aromatic heterocycles. The molecule has 1 fully saturated rings. The third-order valence-corrected chi connectivity index (χ3v) is 13.9. The van der Waals surface area contributed by atoms with Crippen LogP contribution in [0.3, 0.4) is 0 Å². The van der Waals surface area contributed by atoms with Crippen LogP contribution in [-0.2, 0) is 38.8 Å². The molecule has 388 valence electrons. The van der Waals surface area contributed by atoms with E-state index in [-0.39, 0.29) is 70.1 Å². The molecule has 5 aromatic rings.